The minimum atomic E-state index is 0.532. The summed E-state index contributed by atoms with van der Waals surface area (Å²) >= 11 is 3.41. The summed E-state index contributed by atoms with van der Waals surface area (Å²) in [5, 5.41) is 0.811. The van der Waals surface area contributed by atoms with E-state index in [2.05, 4.69) is 15.9 Å². The first-order chi connectivity index (χ1) is 7.81. The van der Waals surface area contributed by atoms with E-state index in [1.54, 1.807) is 7.11 Å². The molecule has 0 saturated carbocycles. The number of alkyl halides is 1. The average Bonchev–Trinajstić information content (AvgIpc) is 2.31. The van der Waals surface area contributed by atoms with Crippen molar-refractivity contribution in [2.75, 3.05) is 26.9 Å². The summed E-state index contributed by atoms with van der Waals surface area (Å²) in [5.74, 6) is 1.55. The van der Waals surface area contributed by atoms with E-state index < -0.39 is 0 Å². The van der Waals surface area contributed by atoms with Gasteiger partial charge in [-0.3, -0.25) is 0 Å². The van der Waals surface area contributed by atoms with Crippen molar-refractivity contribution >= 4 is 15.9 Å². The Morgan fingerprint density at radius 3 is 2.56 bits per heavy atom. The second kappa shape index (κ2) is 7.52. The zero-order valence-corrected chi connectivity index (χ0v) is 11.2. The van der Waals surface area contributed by atoms with Crippen LogP contribution in [0.2, 0.25) is 0 Å². The Morgan fingerprint density at radius 1 is 1.12 bits per heavy atom. The van der Waals surface area contributed by atoms with E-state index in [-0.39, 0.29) is 0 Å². The van der Waals surface area contributed by atoms with Crippen molar-refractivity contribution in [1.29, 1.82) is 0 Å². The van der Waals surface area contributed by atoms with Crippen molar-refractivity contribution in [3.8, 4) is 11.5 Å². The molecule has 0 aliphatic rings. The van der Waals surface area contributed by atoms with Crippen LogP contribution in [-0.4, -0.2) is 26.9 Å². The van der Waals surface area contributed by atoms with E-state index in [0.29, 0.717) is 19.8 Å². The lowest BCUT2D eigenvalue weighted by Gasteiger charge is -2.12. The summed E-state index contributed by atoms with van der Waals surface area (Å²) in [6.07, 6.45) is 0. The molecule has 0 atom stereocenters. The van der Waals surface area contributed by atoms with Crippen LogP contribution >= 0.6 is 15.9 Å². The van der Waals surface area contributed by atoms with Gasteiger partial charge in [0.25, 0.3) is 0 Å². The first kappa shape index (κ1) is 13.3. The molecule has 0 spiro atoms. The molecule has 0 fully saturated rings. The van der Waals surface area contributed by atoms with Crippen LogP contribution < -0.4 is 9.47 Å². The molecule has 90 valence electrons. The van der Waals surface area contributed by atoms with E-state index >= 15 is 0 Å². The van der Waals surface area contributed by atoms with Crippen molar-refractivity contribution < 1.29 is 14.2 Å². The number of hydrogen-bond donors (Lipinski definition) is 0. The van der Waals surface area contributed by atoms with Gasteiger partial charge in [-0.15, -0.1) is 0 Å². The highest BCUT2D eigenvalue weighted by Gasteiger charge is 2.05. The van der Waals surface area contributed by atoms with Gasteiger partial charge in [0.1, 0.15) is 6.61 Å². The third-order valence-electron chi connectivity index (χ3n) is 2.01. The maximum absolute atomic E-state index is 5.56. The summed E-state index contributed by atoms with van der Waals surface area (Å²) in [5.41, 5.74) is 1.17. The van der Waals surface area contributed by atoms with E-state index in [0.717, 1.165) is 16.8 Å². The Kier molecular flexibility index (Phi) is 6.26. The van der Waals surface area contributed by atoms with E-state index in [1.165, 1.54) is 5.56 Å². The molecular weight excluding hydrogens is 272 g/mol. The zero-order chi connectivity index (χ0) is 11.8. The molecule has 1 aromatic rings. The molecule has 1 rings (SSSR count). The second-order valence-corrected chi connectivity index (χ2v) is 3.75. The Balaban J connectivity index is 2.72. The summed E-state index contributed by atoms with van der Waals surface area (Å²) in [6.45, 7) is 3.70. The molecule has 0 aromatic heterocycles. The van der Waals surface area contributed by atoms with Crippen molar-refractivity contribution in [3.05, 3.63) is 23.8 Å². The maximum atomic E-state index is 5.56. The highest BCUT2D eigenvalue weighted by atomic mass is 79.9. The Labute approximate surface area is 105 Å². The molecule has 4 heteroatoms. The predicted octanol–water partition coefficient (Wildman–Crippen LogP) is 3.01. The van der Waals surface area contributed by atoms with Crippen LogP contribution in [0, 0.1) is 0 Å². The minimum absolute atomic E-state index is 0.532. The normalized spacial score (nSPS) is 10.2. The molecule has 0 bridgehead atoms. The Hall–Kier alpha value is -0.740. The summed E-state index contributed by atoms with van der Waals surface area (Å²) in [4.78, 5) is 0. The SMILES string of the molecule is CCOc1cc(CBr)ccc1OCCOC. The number of rotatable bonds is 7. The second-order valence-electron chi connectivity index (χ2n) is 3.19. The molecular formula is C12H17BrO3. The summed E-state index contributed by atoms with van der Waals surface area (Å²) < 4.78 is 16.0. The van der Waals surface area contributed by atoms with Crippen LogP contribution in [0.25, 0.3) is 0 Å². The Morgan fingerprint density at radius 2 is 1.94 bits per heavy atom. The van der Waals surface area contributed by atoms with Crippen molar-refractivity contribution in [1.82, 2.24) is 0 Å². The van der Waals surface area contributed by atoms with Crippen LogP contribution in [0.1, 0.15) is 12.5 Å². The molecule has 0 amide bonds. The van der Waals surface area contributed by atoms with Gasteiger partial charge in [0, 0.05) is 12.4 Å². The standard InChI is InChI=1S/C12H17BrO3/c1-3-15-12-8-10(9-13)4-5-11(12)16-7-6-14-2/h4-5,8H,3,6-7,9H2,1-2H3. The van der Waals surface area contributed by atoms with E-state index in [4.69, 9.17) is 14.2 Å². The van der Waals surface area contributed by atoms with Gasteiger partial charge in [-0.2, -0.15) is 0 Å². The lowest BCUT2D eigenvalue weighted by Crippen LogP contribution is -2.06. The molecule has 0 unspecified atom stereocenters. The molecule has 0 N–H and O–H groups in total. The lowest BCUT2D eigenvalue weighted by molar-refractivity contribution is 0.143. The number of methoxy groups -OCH3 is 1. The van der Waals surface area contributed by atoms with Gasteiger partial charge in [-0.1, -0.05) is 22.0 Å². The molecule has 0 aliphatic heterocycles. The maximum Gasteiger partial charge on any atom is 0.161 e. The van der Waals surface area contributed by atoms with Gasteiger partial charge in [-0.25, -0.2) is 0 Å². The first-order valence-corrected chi connectivity index (χ1v) is 6.37. The summed E-state index contributed by atoms with van der Waals surface area (Å²) in [6, 6.07) is 5.93. The van der Waals surface area contributed by atoms with Crippen molar-refractivity contribution in [3.63, 3.8) is 0 Å². The van der Waals surface area contributed by atoms with E-state index in [9.17, 15) is 0 Å². The van der Waals surface area contributed by atoms with Gasteiger partial charge in [0.05, 0.1) is 13.2 Å². The quantitative estimate of drug-likeness (QED) is 0.570. The van der Waals surface area contributed by atoms with Crippen LogP contribution in [0.5, 0.6) is 11.5 Å². The number of ether oxygens (including phenoxy) is 3. The molecule has 3 nitrogen and oxygen atoms in total. The largest absolute Gasteiger partial charge is 0.490 e. The third kappa shape index (κ3) is 4.02. The van der Waals surface area contributed by atoms with Gasteiger partial charge in [0.2, 0.25) is 0 Å². The van der Waals surface area contributed by atoms with Crippen LogP contribution in [0.3, 0.4) is 0 Å². The van der Waals surface area contributed by atoms with Crippen LogP contribution in [0.15, 0.2) is 18.2 Å². The monoisotopic (exact) mass is 288 g/mol. The van der Waals surface area contributed by atoms with Gasteiger partial charge in [-0.05, 0) is 24.6 Å². The van der Waals surface area contributed by atoms with Crippen molar-refractivity contribution in [2.24, 2.45) is 0 Å². The molecule has 0 radical (unpaired) electrons. The number of halogens is 1. The highest BCUT2D eigenvalue weighted by molar-refractivity contribution is 9.08. The van der Waals surface area contributed by atoms with Gasteiger partial charge in [0.15, 0.2) is 11.5 Å². The fourth-order valence-electron chi connectivity index (χ4n) is 1.26. The smallest absolute Gasteiger partial charge is 0.161 e. The molecule has 1 aromatic carbocycles. The molecule has 16 heavy (non-hydrogen) atoms. The van der Waals surface area contributed by atoms with E-state index in [1.807, 2.05) is 25.1 Å². The predicted molar refractivity (Wildman–Crippen MR) is 67.6 cm³/mol. The van der Waals surface area contributed by atoms with Gasteiger partial charge < -0.3 is 14.2 Å². The summed E-state index contributed by atoms with van der Waals surface area (Å²) in [7, 11) is 1.65. The van der Waals surface area contributed by atoms with Crippen LogP contribution in [0.4, 0.5) is 0 Å². The highest BCUT2D eigenvalue weighted by Crippen LogP contribution is 2.29. The molecule has 0 saturated heterocycles. The third-order valence-corrected chi connectivity index (χ3v) is 2.65. The number of benzene rings is 1. The van der Waals surface area contributed by atoms with Gasteiger partial charge >= 0.3 is 0 Å². The fourth-order valence-corrected chi connectivity index (χ4v) is 1.61. The minimum Gasteiger partial charge on any atom is -0.490 e. The molecule has 0 aliphatic carbocycles. The van der Waals surface area contributed by atoms with Crippen LogP contribution in [-0.2, 0) is 10.1 Å². The Bertz CT molecular complexity index is 315. The topological polar surface area (TPSA) is 27.7 Å². The zero-order valence-electron chi connectivity index (χ0n) is 9.66. The fraction of sp³-hybridized carbons (Fsp3) is 0.500. The average molecular weight is 289 g/mol. The molecule has 0 heterocycles. The lowest BCUT2D eigenvalue weighted by atomic mass is 10.2. The first-order valence-electron chi connectivity index (χ1n) is 5.25. The van der Waals surface area contributed by atoms with Crippen molar-refractivity contribution in [2.45, 2.75) is 12.3 Å². The number of hydrogen-bond acceptors (Lipinski definition) is 3.